The molecule has 2 heterocycles. The van der Waals surface area contributed by atoms with Crippen molar-refractivity contribution in [3.8, 4) is 11.3 Å². The molecule has 2 rings (SSSR count). The molecule has 8 nitrogen and oxygen atoms in total. The Morgan fingerprint density at radius 1 is 1.32 bits per heavy atom. The number of carbonyl (C=O) groups is 1. The van der Waals surface area contributed by atoms with Crippen LogP contribution in [0.5, 0.6) is 0 Å². The number of hydrogen-bond acceptors (Lipinski definition) is 5. The van der Waals surface area contributed by atoms with E-state index >= 15 is 0 Å². The summed E-state index contributed by atoms with van der Waals surface area (Å²) in [5, 5.41) is 14.5. The van der Waals surface area contributed by atoms with Crippen molar-refractivity contribution in [3.05, 3.63) is 42.9 Å². The van der Waals surface area contributed by atoms with Crippen LogP contribution in [0.3, 0.4) is 0 Å². The van der Waals surface area contributed by atoms with E-state index in [1.54, 1.807) is 18.5 Å². The van der Waals surface area contributed by atoms with E-state index < -0.39 is 26.0 Å². The normalized spacial score (nSPS) is 13.5. The summed E-state index contributed by atoms with van der Waals surface area (Å²) < 4.78 is 8.18. The second-order valence-electron chi connectivity index (χ2n) is 11.1. The second-order valence-corrected chi connectivity index (χ2v) is 15.9. The van der Waals surface area contributed by atoms with Gasteiger partial charge in [-0.25, -0.2) is 4.79 Å². The standard InChI is InChI=1S/C25H41N5O3Si/c1-10-11-21(30(23(31)32)24(2,3)4)20-16-18(12-13-27-20)22-19(26)17-28-29(22)14-15-33-34(8,9)25(5,6)7/h10,12-13,16-17,21H,1,11,14-15,26H2,2-9H3,(H,31,32). The lowest BCUT2D eigenvalue weighted by molar-refractivity contribution is 0.0691. The number of hydrogen-bond donors (Lipinski definition) is 2. The first-order chi connectivity index (χ1) is 15.6. The van der Waals surface area contributed by atoms with E-state index in [1.165, 1.54) is 4.90 Å². The van der Waals surface area contributed by atoms with Crippen LogP contribution in [0, 0.1) is 0 Å². The molecule has 2 aromatic rings. The van der Waals surface area contributed by atoms with Crippen molar-refractivity contribution in [1.29, 1.82) is 0 Å². The zero-order chi connectivity index (χ0) is 25.9. The number of nitrogens with zero attached hydrogens (tertiary/aromatic N) is 4. The molecule has 1 amide bonds. The van der Waals surface area contributed by atoms with Gasteiger partial charge in [0.05, 0.1) is 42.5 Å². The topological polar surface area (TPSA) is 106 Å². The zero-order valence-corrected chi connectivity index (χ0v) is 22.9. The van der Waals surface area contributed by atoms with Gasteiger partial charge in [-0.15, -0.1) is 6.58 Å². The van der Waals surface area contributed by atoms with Crippen LogP contribution in [0.2, 0.25) is 18.1 Å². The molecule has 9 heteroatoms. The summed E-state index contributed by atoms with van der Waals surface area (Å²) in [5.74, 6) is 0. The maximum atomic E-state index is 12.1. The van der Waals surface area contributed by atoms with E-state index in [-0.39, 0.29) is 5.04 Å². The molecular weight excluding hydrogens is 446 g/mol. The lowest BCUT2D eigenvalue weighted by Gasteiger charge is -2.39. The zero-order valence-electron chi connectivity index (χ0n) is 21.9. The maximum absolute atomic E-state index is 12.1. The molecule has 0 aliphatic heterocycles. The SMILES string of the molecule is C=CCC(c1cc(-c2c(N)cnn2CCO[Si](C)(C)C(C)(C)C)ccn1)N(C(=O)O)C(C)(C)C. The molecule has 0 saturated carbocycles. The molecule has 0 radical (unpaired) electrons. The summed E-state index contributed by atoms with van der Waals surface area (Å²) in [6.45, 7) is 21.6. The van der Waals surface area contributed by atoms with E-state index in [2.05, 4.69) is 50.5 Å². The van der Waals surface area contributed by atoms with Crippen LogP contribution in [0.25, 0.3) is 11.3 Å². The Hall–Kier alpha value is -2.65. The minimum Gasteiger partial charge on any atom is -0.465 e. The summed E-state index contributed by atoms with van der Waals surface area (Å²) in [7, 11) is -1.88. The number of amides is 1. The fourth-order valence-electron chi connectivity index (χ4n) is 3.67. The number of pyridine rings is 1. The van der Waals surface area contributed by atoms with Gasteiger partial charge in [-0.2, -0.15) is 5.10 Å². The third-order valence-electron chi connectivity index (χ3n) is 6.47. The van der Waals surface area contributed by atoms with Gasteiger partial charge in [-0.1, -0.05) is 26.8 Å². The highest BCUT2D eigenvalue weighted by atomic mass is 28.4. The van der Waals surface area contributed by atoms with Gasteiger partial charge in [0.15, 0.2) is 8.32 Å². The Bertz CT molecular complexity index is 1000. The van der Waals surface area contributed by atoms with Gasteiger partial charge >= 0.3 is 6.09 Å². The summed E-state index contributed by atoms with van der Waals surface area (Å²) in [6, 6.07) is 3.29. The van der Waals surface area contributed by atoms with Gasteiger partial charge in [0.2, 0.25) is 0 Å². The molecule has 0 aromatic carbocycles. The summed E-state index contributed by atoms with van der Waals surface area (Å²) in [4.78, 5) is 18.1. The fourth-order valence-corrected chi connectivity index (χ4v) is 4.71. The van der Waals surface area contributed by atoms with Crippen molar-refractivity contribution in [1.82, 2.24) is 19.7 Å². The third-order valence-corrected chi connectivity index (χ3v) is 11.0. The second kappa shape index (κ2) is 10.3. The molecule has 188 valence electrons. The lowest BCUT2D eigenvalue weighted by Crippen LogP contribution is -2.47. The third kappa shape index (κ3) is 6.27. The average molecular weight is 488 g/mol. The van der Waals surface area contributed by atoms with Crippen LogP contribution in [0.4, 0.5) is 10.5 Å². The summed E-state index contributed by atoms with van der Waals surface area (Å²) in [6.07, 6.45) is 4.49. The highest BCUT2D eigenvalue weighted by molar-refractivity contribution is 6.74. The van der Waals surface area contributed by atoms with Gasteiger partial charge in [-0.3, -0.25) is 14.6 Å². The number of rotatable bonds is 9. The van der Waals surface area contributed by atoms with Crippen molar-refractivity contribution >= 4 is 20.1 Å². The number of aromatic nitrogens is 3. The van der Waals surface area contributed by atoms with Crippen LogP contribution >= 0.6 is 0 Å². The number of nitrogens with two attached hydrogens (primary N) is 1. The molecule has 0 saturated heterocycles. The minimum atomic E-state index is -1.88. The Morgan fingerprint density at radius 3 is 2.50 bits per heavy atom. The Balaban J connectivity index is 2.39. The molecule has 0 aliphatic rings. The molecular formula is C25H41N5O3Si. The predicted molar refractivity (Wildman–Crippen MR) is 140 cm³/mol. The molecule has 0 spiro atoms. The van der Waals surface area contributed by atoms with Crippen molar-refractivity contribution < 1.29 is 14.3 Å². The van der Waals surface area contributed by atoms with Crippen LogP contribution in [0.15, 0.2) is 37.2 Å². The first kappa shape index (κ1) is 27.6. The van der Waals surface area contributed by atoms with E-state index in [9.17, 15) is 9.90 Å². The quantitative estimate of drug-likeness (QED) is 0.335. The van der Waals surface area contributed by atoms with E-state index in [0.717, 1.165) is 11.3 Å². The van der Waals surface area contributed by atoms with Crippen molar-refractivity contribution in [2.24, 2.45) is 0 Å². The highest BCUT2D eigenvalue weighted by Crippen LogP contribution is 2.37. The Kier molecular flexibility index (Phi) is 8.37. The molecule has 0 aliphatic carbocycles. The van der Waals surface area contributed by atoms with Crippen molar-refractivity contribution in [2.75, 3.05) is 12.3 Å². The van der Waals surface area contributed by atoms with Gasteiger partial charge in [0.25, 0.3) is 0 Å². The van der Waals surface area contributed by atoms with Gasteiger partial charge < -0.3 is 15.3 Å². The first-order valence-corrected chi connectivity index (χ1v) is 14.6. The molecule has 2 aromatic heterocycles. The monoisotopic (exact) mass is 487 g/mol. The number of nitrogen functional groups attached to an aromatic ring is 1. The summed E-state index contributed by atoms with van der Waals surface area (Å²) in [5.41, 5.74) is 8.49. The number of anilines is 1. The smallest absolute Gasteiger partial charge is 0.408 e. The number of carboxylic acid groups (broad SMARTS) is 1. The van der Waals surface area contributed by atoms with Crippen LogP contribution < -0.4 is 5.73 Å². The van der Waals surface area contributed by atoms with Gasteiger partial charge in [0, 0.05) is 17.3 Å². The molecule has 0 fully saturated rings. The maximum Gasteiger partial charge on any atom is 0.408 e. The van der Waals surface area contributed by atoms with E-state index in [1.807, 2.05) is 37.6 Å². The van der Waals surface area contributed by atoms with Crippen LogP contribution in [-0.4, -0.2) is 51.3 Å². The lowest BCUT2D eigenvalue weighted by atomic mass is 9.98. The molecule has 34 heavy (non-hydrogen) atoms. The Labute approximate surface area is 205 Å². The van der Waals surface area contributed by atoms with E-state index in [0.29, 0.717) is 31.0 Å². The Morgan fingerprint density at radius 2 is 1.97 bits per heavy atom. The van der Waals surface area contributed by atoms with Gasteiger partial charge in [0.1, 0.15) is 0 Å². The molecule has 0 bridgehead atoms. The van der Waals surface area contributed by atoms with Crippen LogP contribution in [0.1, 0.15) is 59.7 Å². The fraction of sp³-hybridized carbons (Fsp3) is 0.560. The molecule has 3 N–H and O–H groups in total. The van der Waals surface area contributed by atoms with Crippen molar-refractivity contribution in [3.63, 3.8) is 0 Å². The summed E-state index contributed by atoms with van der Waals surface area (Å²) >= 11 is 0. The minimum absolute atomic E-state index is 0.127. The predicted octanol–water partition coefficient (Wildman–Crippen LogP) is 5.94. The first-order valence-electron chi connectivity index (χ1n) is 11.6. The van der Waals surface area contributed by atoms with E-state index in [4.69, 9.17) is 10.2 Å². The average Bonchev–Trinajstić information content (AvgIpc) is 3.05. The highest BCUT2D eigenvalue weighted by Gasteiger charge is 2.37. The van der Waals surface area contributed by atoms with Crippen LogP contribution in [-0.2, 0) is 11.0 Å². The molecule has 1 unspecified atom stereocenters. The van der Waals surface area contributed by atoms with Gasteiger partial charge in [-0.05, 0) is 57.5 Å². The largest absolute Gasteiger partial charge is 0.465 e. The van der Waals surface area contributed by atoms with Crippen molar-refractivity contribution in [2.45, 2.75) is 84.2 Å². The molecule has 1 atom stereocenters.